The first kappa shape index (κ1) is 84.1. The summed E-state index contributed by atoms with van der Waals surface area (Å²) < 4.78 is 51.6. The summed E-state index contributed by atoms with van der Waals surface area (Å²) in [7, 11) is 1.42. The van der Waals surface area contributed by atoms with Gasteiger partial charge in [0.05, 0.1) is 93.5 Å². The largest absolute Gasteiger partial charge is 0.464 e. The maximum atomic E-state index is 14.2. The highest BCUT2D eigenvalue weighted by molar-refractivity contribution is 8.01. The number of methoxy groups -OCH3 is 1. The summed E-state index contributed by atoms with van der Waals surface area (Å²) in [6.45, 7) is 14.7. The van der Waals surface area contributed by atoms with E-state index in [0.717, 1.165) is 92.2 Å². The zero-order chi connectivity index (χ0) is 69.4. The first-order valence-corrected chi connectivity index (χ1v) is 35.9. The third-order valence-electron chi connectivity index (χ3n) is 14.1. The number of rotatable bonds is 45. The van der Waals surface area contributed by atoms with Crippen molar-refractivity contribution < 1.29 is 117 Å². The maximum Gasteiger partial charge on any atom is 0.338 e. The lowest BCUT2D eigenvalue weighted by Crippen LogP contribution is -2.45. The minimum Gasteiger partial charge on any atom is -0.464 e. The summed E-state index contributed by atoms with van der Waals surface area (Å²) in [5.74, 6) is -6.26. The van der Waals surface area contributed by atoms with E-state index in [0.29, 0.717) is 0 Å². The Morgan fingerprint density at radius 1 is 0.380 bits per heavy atom. The van der Waals surface area contributed by atoms with Crippen LogP contribution in [0.4, 0.5) is 0 Å². The molecule has 0 heterocycles. The zero-order valence-corrected chi connectivity index (χ0v) is 59.5. The molecular formula is C62H94O24S6. The molecule has 0 amide bonds. The van der Waals surface area contributed by atoms with Gasteiger partial charge in [0.1, 0.15) is 57.3 Å². The van der Waals surface area contributed by atoms with Gasteiger partial charge in [-0.2, -0.15) is 0 Å². The van der Waals surface area contributed by atoms with Gasteiger partial charge in [-0.15, -0.1) is 70.6 Å². The summed E-state index contributed by atoms with van der Waals surface area (Å²) in [6.07, 6.45) is -6.14. The summed E-state index contributed by atoms with van der Waals surface area (Å²) in [5, 5.41) is 61.6. The normalized spacial score (nSPS) is 15.6. The Hall–Kier alpha value is -4.02. The van der Waals surface area contributed by atoms with Gasteiger partial charge >= 0.3 is 47.8 Å². The summed E-state index contributed by atoms with van der Waals surface area (Å²) >= 11 is 6.11. The van der Waals surface area contributed by atoms with E-state index in [1.807, 2.05) is 41.5 Å². The van der Waals surface area contributed by atoms with E-state index in [4.69, 9.17) is 42.6 Å². The van der Waals surface area contributed by atoms with Crippen molar-refractivity contribution in [2.75, 3.05) is 108 Å². The summed E-state index contributed by atoms with van der Waals surface area (Å²) in [5.41, 5.74) is 3.53. The molecule has 0 radical (unpaired) electrons. The van der Waals surface area contributed by atoms with Crippen LogP contribution in [0.3, 0.4) is 0 Å². The first-order valence-electron chi connectivity index (χ1n) is 29.6. The lowest BCUT2D eigenvalue weighted by Gasteiger charge is -2.32. The van der Waals surface area contributed by atoms with E-state index in [9.17, 15) is 74.1 Å². The summed E-state index contributed by atoms with van der Waals surface area (Å²) in [4.78, 5) is 109. The van der Waals surface area contributed by atoms with Crippen LogP contribution in [0.15, 0.2) is 24.3 Å². The quantitative estimate of drug-likeness (QED) is 0.0358. The molecule has 0 aliphatic rings. The molecule has 0 aliphatic carbocycles. The number of aliphatic hydroxyl groups is 7. The Morgan fingerprint density at radius 2 is 0.641 bits per heavy atom. The van der Waals surface area contributed by atoms with Crippen molar-refractivity contribution in [2.24, 2.45) is 5.41 Å². The van der Waals surface area contributed by atoms with E-state index in [-0.39, 0.29) is 52.3 Å². The van der Waals surface area contributed by atoms with Crippen LogP contribution < -0.4 is 0 Å². The SMILES string of the molecule is COC(CO)CSC(C)C(=O)OCC(CSC(C)C(=O)OCC(COC(=O)c1cc(C)c(C)c(C)c1)(COC(=O)c1cc(C)c(C)c(C)c1)COC(=O)C(C)SCC(COC(=O)C(C)SCC(O)CO)OC(=O)C(C)SCC(O)CO)OC(=O)C(C)SCC(O)CO. The molecule has 12 unspecified atom stereocenters. The molecule has 0 aliphatic heterocycles. The van der Waals surface area contributed by atoms with Crippen LogP contribution >= 0.6 is 70.6 Å². The van der Waals surface area contributed by atoms with E-state index < -0.39 is 181 Å². The van der Waals surface area contributed by atoms with Crippen LogP contribution in [-0.2, 0) is 71.4 Å². The fraction of sp³-hybridized carbons (Fsp3) is 0.677. The van der Waals surface area contributed by atoms with Crippen LogP contribution in [-0.4, -0.2) is 259 Å². The fourth-order valence-electron chi connectivity index (χ4n) is 7.46. The molecule has 522 valence electrons. The zero-order valence-electron chi connectivity index (χ0n) is 54.6. The van der Waals surface area contributed by atoms with Crippen molar-refractivity contribution in [3.63, 3.8) is 0 Å². The monoisotopic (exact) mass is 1410 g/mol. The van der Waals surface area contributed by atoms with Gasteiger partial charge in [-0.05, 0) is 141 Å². The standard InChI is InChI=1S/C62H94O24S6/c1-34-14-46(15-35(2)38(34)5)60(76)83-32-62(33-84-61(77)47-16-36(3)39(6)37(4)17-47,30-81-56(72)42(9)91-28-52(85-58(74)44(11)88-25-49(68)19-64)22-79-54(70)40(7)87-24-48(67)18-63)31-82-57(73)43(10)92-29-53(86-59(75)45(12)89-26-50(69)20-65)23-80-55(71)41(8)90-27-51(21-66)78-13/h14-17,40-45,48-53,63-69H,18-33H2,1-13H3. The van der Waals surface area contributed by atoms with Crippen LogP contribution in [0.1, 0.15) is 95.6 Å². The molecular weight excluding hydrogens is 1320 g/mol. The van der Waals surface area contributed by atoms with Gasteiger partial charge in [-0.3, -0.25) is 28.8 Å². The highest BCUT2D eigenvalue weighted by Gasteiger charge is 2.40. The fourth-order valence-corrected chi connectivity index (χ4v) is 12.6. The Morgan fingerprint density at radius 3 is 0.924 bits per heavy atom. The molecule has 24 nitrogen and oxygen atoms in total. The number of benzene rings is 2. The average molecular weight is 1420 g/mol. The number of hydrogen-bond acceptors (Lipinski definition) is 30. The lowest BCUT2D eigenvalue weighted by atomic mass is 9.92. The van der Waals surface area contributed by atoms with Crippen LogP contribution in [0, 0.1) is 47.0 Å². The maximum absolute atomic E-state index is 14.2. The molecule has 30 heteroatoms. The third-order valence-corrected chi connectivity index (χ3v) is 21.7. The lowest BCUT2D eigenvalue weighted by molar-refractivity contribution is -0.158. The number of carbonyl (C=O) groups is 8. The predicted molar refractivity (Wildman–Crippen MR) is 357 cm³/mol. The van der Waals surface area contributed by atoms with Gasteiger partial charge in [-0.25, -0.2) is 9.59 Å². The number of ether oxygens (including phenoxy) is 9. The average Bonchev–Trinajstić information content (AvgIpc) is 0.943. The van der Waals surface area contributed by atoms with Crippen molar-refractivity contribution in [3.8, 4) is 0 Å². The second kappa shape index (κ2) is 43.9. The van der Waals surface area contributed by atoms with Crippen molar-refractivity contribution in [1.82, 2.24) is 0 Å². The number of aliphatic hydroxyl groups excluding tert-OH is 7. The van der Waals surface area contributed by atoms with Crippen molar-refractivity contribution in [3.05, 3.63) is 68.8 Å². The van der Waals surface area contributed by atoms with E-state index in [1.54, 1.807) is 31.2 Å². The molecule has 2 aromatic rings. The molecule has 0 saturated carbocycles. The van der Waals surface area contributed by atoms with Crippen molar-refractivity contribution >= 4 is 118 Å². The van der Waals surface area contributed by atoms with Gasteiger partial charge in [-0.1, -0.05) is 0 Å². The first-order chi connectivity index (χ1) is 43.3. The molecule has 0 saturated heterocycles. The Kier molecular flexibility index (Phi) is 40.1. The van der Waals surface area contributed by atoms with Gasteiger partial charge in [0.2, 0.25) is 0 Å². The van der Waals surface area contributed by atoms with Crippen LogP contribution in [0.25, 0.3) is 0 Å². The van der Waals surface area contributed by atoms with Gasteiger partial charge in [0.25, 0.3) is 0 Å². The number of aryl methyl sites for hydroxylation is 4. The van der Waals surface area contributed by atoms with Crippen molar-refractivity contribution in [2.45, 2.75) is 151 Å². The second-order valence-electron chi connectivity index (χ2n) is 22.1. The molecule has 0 fully saturated rings. The Balaban J connectivity index is 2.60. The van der Waals surface area contributed by atoms with Gasteiger partial charge in [0, 0.05) is 41.6 Å². The number of thioether (sulfide) groups is 6. The molecule has 0 spiro atoms. The molecule has 0 bridgehead atoms. The van der Waals surface area contributed by atoms with Crippen LogP contribution in [0.5, 0.6) is 0 Å². The molecule has 12 atom stereocenters. The minimum atomic E-state index is -1.83. The van der Waals surface area contributed by atoms with Gasteiger partial charge < -0.3 is 78.4 Å². The number of carbonyl (C=O) groups excluding carboxylic acids is 8. The molecule has 7 N–H and O–H groups in total. The number of hydrogen-bond donors (Lipinski definition) is 7. The molecule has 92 heavy (non-hydrogen) atoms. The highest BCUT2D eigenvalue weighted by Crippen LogP contribution is 2.29. The number of esters is 8. The van der Waals surface area contributed by atoms with Crippen LogP contribution in [0.2, 0.25) is 0 Å². The third kappa shape index (κ3) is 30.8. The van der Waals surface area contributed by atoms with E-state index in [1.165, 1.54) is 53.5 Å². The Bertz CT molecular complexity index is 2540. The topological polar surface area (TPSA) is 361 Å². The van der Waals surface area contributed by atoms with E-state index in [2.05, 4.69) is 0 Å². The Labute approximate surface area is 564 Å². The van der Waals surface area contributed by atoms with E-state index >= 15 is 0 Å². The molecule has 2 aromatic carbocycles. The molecule has 2 rings (SSSR count). The predicted octanol–water partition coefficient (Wildman–Crippen LogP) is 4.33. The van der Waals surface area contributed by atoms with Crippen molar-refractivity contribution in [1.29, 1.82) is 0 Å². The van der Waals surface area contributed by atoms with Gasteiger partial charge in [0.15, 0.2) is 0 Å². The summed E-state index contributed by atoms with van der Waals surface area (Å²) in [6, 6.07) is 6.52. The molecule has 0 aromatic heterocycles. The minimum absolute atomic E-state index is 0.00321. The second-order valence-corrected chi connectivity index (χ2v) is 30.4. The smallest absolute Gasteiger partial charge is 0.338 e. The highest BCUT2D eigenvalue weighted by atomic mass is 32.2.